The minimum atomic E-state index is -5.41. The van der Waals surface area contributed by atoms with Crippen molar-refractivity contribution in [3.05, 3.63) is 17.3 Å². The zero-order valence-electron chi connectivity index (χ0n) is 9.19. The monoisotopic (exact) mass is 293 g/mol. The topological polar surface area (TPSA) is 31.4 Å². The van der Waals surface area contributed by atoms with Gasteiger partial charge in [-0.15, -0.1) is 13.2 Å². The molecule has 1 aromatic rings. The Kier molecular flexibility index (Phi) is 4.11. The van der Waals surface area contributed by atoms with Gasteiger partial charge in [-0.25, -0.2) is 9.37 Å². The highest BCUT2D eigenvalue weighted by Crippen LogP contribution is 2.42. The maximum atomic E-state index is 12.6. The van der Waals surface area contributed by atoms with E-state index < -0.39 is 42.0 Å². The number of pyridine rings is 1. The summed E-state index contributed by atoms with van der Waals surface area (Å²) in [5.74, 6) is -2.41. The lowest BCUT2D eigenvalue weighted by Crippen LogP contribution is -2.22. The molecular weight excluding hydrogens is 287 g/mol. The van der Waals surface area contributed by atoms with Crippen LogP contribution in [0.5, 0.6) is 11.6 Å². The molecule has 0 fully saturated rings. The SMILES string of the molecule is COc1ncc(C(F)(F)F)c(OC(F)(F)F)c1CF. The Morgan fingerprint density at radius 1 is 1.16 bits per heavy atom. The Balaban J connectivity index is 3.49. The molecule has 0 saturated heterocycles. The number of hydrogen-bond donors (Lipinski definition) is 0. The van der Waals surface area contributed by atoms with Crippen molar-refractivity contribution in [1.29, 1.82) is 0 Å². The lowest BCUT2D eigenvalue weighted by Gasteiger charge is -2.18. The second-order valence-corrected chi connectivity index (χ2v) is 3.17. The number of hydrogen-bond acceptors (Lipinski definition) is 3. The Labute approximate surface area is 101 Å². The van der Waals surface area contributed by atoms with Crippen molar-refractivity contribution in [3.63, 3.8) is 0 Å². The maximum Gasteiger partial charge on any atom is 0.573 e. The van der Waals surface area contributed by atoms with Gasteiger partial charge in [0.15, 0.2) is 5.75 Å². The highest BCUT2D eigenvalue weighted by molar-refractivity contribution is 5.46. The van der Waals surface area contributed by atoms with Crippen LogP contribution in [0.25, 0.3) is 0 Å². The van der Waals surface area contributed by atoms with Crippen molar-refractivity contribution in [3.8, 4) is 11.6 Å². The number of aromatic nitrogens is 1. The van der Waals surface area contributed by atoms with Gasteiger partial charge < -0.3 is 9.47 Å². The van der Waals surface area contributed by atoms with Crippen LogP contribution < -0.4 is 9.47 Å². The van der Waals surface area contributed by atoms with E-state index >= 15 is 0 Å². The van der Waals surface area contributed by atoms with E-state index in [-0.39, 0.29) is 6.20 Å². The van der Waals surface area contributed by atoms with Crippen LogP contribution in [-0.2, 0) is 12.9 Å². The third kappa shape index (κ3) is 3.61. The normalized spacial score (nSPS) is 12.4. The van der Waals surface area contributed by atoms with Crippen LogP contribution in [0.4, 0.5) is 30.7 Å². The molecule has 0 atom stereocenters. The van der Waals surface area contributed by atoms with Gasteiger partial charge in [0.2, 0.25) is 5.88 Å². The summed E-state index contributed by atoms with van der Waals surface area (Å²) in [4.78, 5) is 3.10. The van der Waals surface area contributed by atoms with Crippen LogP contribution in [0, 0.1) is 0 Å². The quantitative estimate of drug-likeness (QED) is 0.800. The van der Waals surface area contributed by atoms with Crippen LogP contribution in [0.3, 0.4) is 0 Å². The van der Waals surface area contributed by atoms with Gasteiger partial charge in [-0.05, 0) is 0 Å². The van der Waals surface area contributed by atoms with Crippen molar-refractivity contribution in [2.24, 2.45) is 0 Å². The van der Waals surface area contributed by atoms with Gasteiger partial charge in [0, 0.05) is 6.20 Å². The van der Waals surface area contributed by atoms with E-state index in [0.717, 1.165) is 7.11 Å². The molecule has 0 N–H and O–H groups in total. The molecule has 0 aliphatic rings. The number of halogens is 7. The number of nitrogens with zero attached hydrogens (tertiary/aromatic N) is 1. The lowest BCUT2D eigenvalue weighted by atomic mass is 10.1. The maximum absolute atomic E-state index is 12.6. The van der Waals surface area contributed by atoms with Gasteiger partial charge >= 0.3 is 12.5 Å². The number of alkyl halides is 7. The van der Waals surface area contributed by atoms with E-state index in [1.54, 1.807) is 0 Å². The second kappa shape index (κ2) is 5.10. The Morgan fingerprint density at radius 3 is 2.11 bits per heavy atom. The van der Waals surface area contributed by atoms with Crippen LogP contribution in [0.15, 0.2) is 6.20 Å². The van der Waals surface area contributed by atoms with Crippen molar-refractivity contribution in [2.75, 3.05) is 7.11 Å². The van der Waals surface area contributed by atoms with Gasteiger partial charge in [-0.2, -0.15) is 13.2 Å². The minimum absolute atomic E-state index is 0.0824. The zero-order chi connectivity index (χ0) is 14.8. The summed E-state index contributed by atoms with van der Waals surface area (Å²) < 4.78 is 94.1. The molecule has 1 heterocycles. The van der Waals surface area contributed by atoms with Gasteiger partial charge in [-0.3, -0.25) is 0 Å². The average Bonchev–Trinajstić information content (AvgIpc) is 2.24. The molecule has 0 unspecified atom stereocenters. The molecule has 1 aromatic heterocycles. The van der Waals surface area contributed by atoms with E-state index in [2.05, 4.69) is 14.5 Å². The fourth-order valence-corrected chi connectivity index (χ4v) is 1.25. The predicted molar refractivity (Wildman–Crippen MR) is 47.3 cm³/mol. The van der Waals surface area contributed by atoms with Gasteiger partial charge in [0.05, 0.1) is 12.7 Å². The first-order chi connectivity index (χ1) is 8.60. The smallest absolute Gasteiger partial charge is 0.481 e. The highest BCUT2D eigenvalue weighted by atomic mass is 19.4. The first-order valence-corrected chi connectivity index (χ1v) is 4.55. The number of methoxy groups -OCH3 is 1. The Bertz CT molecular complexity index is 455. The highest BCUT2D eigenvalue weighted by Gasteiger charge is 2.42. The summed E-state index contributed by atoms with van der Waals surface area (Å²) in [5, 5.41) is 0. The minimum Gasteiger partial charge on any atom is -0.481 e. The molecule has 19 heavy (non-hydrogen) atoms. The second-order valence-electron chi connectivity index (χ2n) is 3.17. The van der Waals surface area contributed by atoms with Crippen LogP contribution in [0.1, 0.15) is 11.1 Å². The molecule has 0 radical (unpaired) electrons. The lowest BCUT2D eigenvalue weighted by molar-refractivity contribution is -0.276. The third-order valence-electron chi connectivity index (χ3n) is 1.94. The van der Waals surface area contributed by atoms with Gasteiger partial charge in [0.25, 0.3) is 0 Å². The summed E-state index contributed by atoms with van der Waals surface area (Å²) in [6.45, 7) is -1.66. The van der Waals surface area contributed by atoms with Crippen LogP contribution in [-0.4, -0.2) is 18.5 Å². The van der Waals surface area contributed by atoms with Crippen LogP contribution >= 0.6 is 0 Å². The van der Waals surface area contributed by atoms with E-state index in [4.69, 9.17) is 0 Å². The fourth-order valence-electron chi connectivity index (χ4n) is 1.25. The molecule has 0 aliphatic carbocycles. The summed E-state index contributed by atoms with van der Waals surface area (Å²) in [5.41, 5.74) is -2.90. The number of ether oxygens (including phenoxy) is 2. The van der Waals surface area contributed by atoms with Gasteiger partial charge in [-0.1, -0.05) is 0 Å². The third-order valence-corrected chi connectivity index (χ3v) is 1.94. The Hall–Kier alpha value is -1.74. The van der Waals surface area contributed by atoms with Crippen molar-refractivity contribution in [1.82, 2.24) is 4.98 Å². The molecule has 0 aromatic carbocycles. The summed E-state index contributed by atoms with van der Waals surface area (Å²) >= 11 is 0. The standard InChI is InChI=1S/C9H6F7NO2/c1-18-7-4(2-10)6(19-9(14,15)16)5(3-17-7)8(11,12)13/h3H,2H2,1H3. The first kappa shape index (κ1) is 15.3. The van der Waals surface area contributed by atoms with E-state index in [1.807, 2.05) is 0 Å². The molecule has 108 valence electrons. The molecule has 0 aliphatic heterocycles. The van der Waals surface area contributed by atoms with Crippen molar-refractivity contribution >= 4 is 0 Å². The predicted octanol–water partition coefficient (Wildman–Crippen LogP) is 3.48. The van der Waals surface area contributed by atoms with Crippen LogP contribution in [0.2, 0.25) is 0 Å². The first-order valence-electron chi connectivity index (χ1n) is 4.55. The van der Waals surface area contributed by atoms with Crippen molar-refractivity contribution in [2.45, 2.75) is 19.2 Å². The Morgan fingerprint density at radius 2 is 1.74 bits per heavy atom. The summed E-state index contributed by atoms with van der Waals surface area (Å²) in [6.07, 6.45) is -10.5. The molecule has 0 saturated carbocycles. The molecule has 0 spiro atoms. The summed E-state index contributed by atoms with van der Waals surface area (Å²) in [7, 11) is 0.923. The molecule has 0 amide bonds. The molecule has 0 bridgehead atoms. The van der Waals surface area contributed by atoms with Crippen molar-refractivity contribution < 1.29 is 40.2 Å². The number of rotatable bonds is 3. The fraction of sp³-hybridized carbons (Fsp3) is 0.444. The molecule has 1 rings (SSSR count). The molecule has 10 heteroatoms. The van der Waals surface area contributed by atoms with Gasteiger partial charge in [0.1, 0.15) is 12.2 Å². The van der Waals surface area contributed by atoms with E-state index in [0.29, 0.717) is 0 Å². The molecular formula is C9H6F7NO2. The molecule has 3 nitrogen and oxygen atoms in total. The summed E-state index contributed by atoms with van der Waals surface area (Å²) in [6, 6.07) is 0. The average molecular weight is 293 g/mol. The van der Waals surface area contributed by atoms with E-state index in [9.17, 15) is 30.7 Å². The largest absolute Gasteiger partial charge is 0.573 e. The van der Waals surface area contributed by atoms with E-state index in [1.165, 1.54) is 0 Å². The zero-order valence-corrected chi connectivity index (χ0v) is 9.19.